The van der Waals surface area contributed by atoms with Gasteiger partial charge in [-0.2, -0.15) is 0 Å². The minimum absolute atomic E-state index is 0.0305. The van der Waals surface area contributed by atoms with Crippen LogP contribution in [0.3, 0.4) is 0 Å². The molecule has 0 heterocycles. The van der Waals surface area contributed by atoms with Gasteiger partial charge < -0.3 is 14.8 Å². The molecule has 0 aliphatic heterocycles. The Kier molecular flexibility index (Phi) is 8.02. The standard InChI is InChI=1S/C21H22ClNO5/c1-3-19(24)15-8-10-16(11-9-15)27-13-21(26)28-12-20(25)23-14(2)17-6-4-5-7-18(17)22/h4-11,14H,3,12-13H2,1-2H3,(H,23,25)/t14-/m0/s1. The van der Waals surface area contributed by atoms with E-state index < -0.39 is 18.5 Å². The molecule has 0 aliphatic rings. The lowest BCUT2D eigenvalue weighted by Crippen LogP contribution is -2.32. The molecule has 0 bridgehead atoms. The van der Waals surface area contributed by atoms with E-state index in [1.165, 1.54) is 0 Å². The van der Waals surface area contributed by atoms with E-state index in [1.54, 1.807) is 50.2 Å². The number of halogens is 1. The molecule has 7 heteroatoms. The van der Waals surface area contributed by atoms with Crippen molar-refractivity contribution < 1.29 is 23.9 Å². The molecule has 28 heavy (non-hydrogen) atoms. The Morgan fingerprint density at radius 1 is 1.04 bits per heavy atom. The number of amides is 1. The Hall–Kier alpha value is -2.86. The van der Waals surface area contributed by atoms with E-state index in [0.29, 0.717) is 22.8 Å². The van der Waals surface area contributed by atoms with Gasteiger partial charge in [-0.05, 0) is 42.8 Å². The smallest absolute Gasteiger partial charge is 0.344 e. The van der Waals surface area contributed by atoms with Crippen molar-refractivity contribution in [3.05, 3.63) is 64.7 Å². The minimum Gasteiger partial charge on any atom is -0.482 e. The Labute approximate surface area is 168 Å². The Bertz CT molecular complexity index is 835. The number of carbonyl (C=O) groups excluding carboxylic acids is 3. The highest BCUT2D eigenvalue weighted by Crippen LogP contribution is 2.21. The highest BCUT2D eigenvalue weighted by Gasteiger charge is 2.14. The molecule has 0 aromatic heterocycles. The number of ether oxygens (including phenoxy) is 2. The molecule has 2 rings (SSSR count). The number of Topliss-reactive ketones (excluding diaryl/α,β-unsaturated/α-hetero) is 1. The molecule has 2 aromatic rings. The van der Waals surface area contributed by atoms with Gasteiger partial charge in [-0.1, -0.05) is 36.7 Å². The van der Waals surface area contributed by atoms with E-state index in [2.05, 4.69) is 5.32 Å². The maximum absolute atomic E-state index is 11.9. The van der Waals surface area contributed by atoms with Gasteiger partial charge in [0.05, 0.1) is 6.04 Å². The molecule has 0 saturated carbocycles. The van der Waals surface area contributed by atoms with Crippen molar-refractivity contribution in [3.8, 4) is 5.75 Å². The van der Waals surface area contributed by atoms with E-state index in [4.69, 9.17) is 21.1 Å². The van der Waals surface area contributed by atoms with Crippen molar-refractivity contribution in [2.45, 2.75) is 26.3 Å². The number of hydrogen-bond donors (Lipinski definition) is 1. The summed E-state index contributed by atoms with van der Waals surface area (Å²) < 4.78 is 10.2. The van der Waals surface area contributed by atoms with Gasteiger partial charge in [0, 0.05) is 17.0 Å². The van der Waals surface area contributed by atoms with E-state index >= 15 is 0 Å². The topological polar surface area (TPSA) is 81.7 Å². The Morgan fingerprint density at radius 2 is 1.71 bits per heavy atom. The van der Waals surface area contributed by atoms with E-state index in [0.717, 1.165) is 5.56 Å². The molecule has 1 atom stereocenters. The third-order valence-electron chi connectivity index (χ3n) is 3.97. The summed E-state index contributed by atoms with van der Waals surface area (Å²) >= 11 is 6.09. The summed E-state index contributed by atoms with van der Waals surface area (Å²) in [6.07, 6.45) is 0.420. The highest BCUT2D eigenvalue weighted by atomic mass is 35.5. The minimum atomic E-state index is -0.672. The zero-order chi connectivity index (χ0) is 20.5. The SMILES string of the molecule is CCC(=O)c1ccc(OCC(=O)OCC(=O)N[C@@H](C)c2ccccc2Cl)cc1. The third-order valence-corrected chi connectivity index (χ3v) is 4.31. The number of hydrogen-bond acceptors (Lipinski definition) is 5. The van der Waals surface area contributed by atoms with Crippen LogP contribution >= 0.6 is 11.6 Å². The van der Waals surface area contributed by atoms with Crippen LogP contribution in [0.1, 0.15) is 42.2 Å². The lowest BCUT2D eigenvalue weighted by molar-refractivity contribution is -0.150. The van der Waals surface area contributed by atoms with Crippen LogP contribution in [0.5, 0.6) is 5.75 Å². The van der Waals surface area contributed by atoms with Crippen molar-refractivity contribution in [3.63, 3.8) is 0 Å². The molecular weight excluding hydrogens is 382 g/mol. The number of rotatable bonds is 9. The summed E-state index contributed by atoms with van der Waals surface area (Å²) in [5.41, 5.74) is 1.36. The molecule has 0 radical (unpaired) electrons. The first-order chi connectivity index (χ1) is 13.4. The van der Waals surface area contributed by atoms with Crippen molar-refractivity contribution >= 4 is 29.3 Å². The van der Waals surface area contributed by atoms with Crippen LogP contribution < -0.4 is 10.1 Å². The molecule has 148 valence electrons. The molecule has 1 amide bonds. The molecule has 0 unspecified atom stereocenters. The summed E-state index contributed by atoms with van der Waals surface area (Å²) in [7, 11) is 0. The van der Waals surface area contributed by atoms with Gasteiger partial charge >= 0.3 is 5.97 Å². The maximum Gasteiger partial charge on any atom is 0.344 e. The van der Waals surface area contributed by atoms with Gasteiger partial charge in [0.25, 0.3) is 5.91 Å². The number of ketones is 1. The van der Waals surface area contributed by atoms with Crippen LogP contribution in [0.4, 0.5) is 0 Å². The van der Waals surface area contributed by atoms with Crippen molar-refractivity contribution in [1.82, 2.24) is 5.32 Å². The van der Waals surface area contributed by atoms with E-state index in [9.17, 15) is 14.4 Å². The molecule has 1 N–H and O–H groups in total. The van der Waals surface area contributed by atoms with Gasteiger partial charge in [-0.3, -0.25) is 9.59 Å². The van der Waals surface area contributed by atoms with Gasteiger partial charge in [0.1, 0.15) is 5.75 Å². The Morgan fingerprint density at radius 3 is 2.36 bits per heavy atom. The summed E-state index contributed by atoms with van der Waals surface area (Å²) in [6.45, 7) is 2.82. The van der Waals surface area contributed by atoms with Crippen molar-refractivity contribution in [1.29, 1.82) is 0 Å². The Balaban J connectivity index is 1.74. The van der Waals surface area contributed by atoms with Crippen LogP contribution in [-0.4, -0.2) is 30.9 Å². The molecular formula is C21H22ClNO5. The predicted octanol–water partition coefficient (Wildman–Crippen LogP) is 3.73. The first-order valence-electron chi connectivity index (χ1n) is 8.86. The molecule has 0 aliphatic carbocycles. The molecule has 0 saturated heterocycles. The highest BCUT2D eigenvalue weighted by molar-refractivity contribution is 6.31. The fourth-order valence-electron chi connectivity index (χ4n) is 2.46. The molecule has 0 fully saturated rings. The quantitative estimate of drug-likeness (QED) is 0.509. The second kappa shape index (κ2) is 10.5. The lowest BCUT2D eigenvalue weighted by Gasteiger charge is -2.15. The number of benzene rings is 2. The van der Waals surface area contributed by atoms with Crippen LogP contribution in [0.15, 0.2) is 48.5 Å². The third kappa shape index (κ3) is 6.39. The van der Waals surface area contributed by atoms with E-state index in [-0.39, 0.29) is 18.4 Å². The normalized spacial score (nSPS) is 11.4. The van der Waals surface area contributed by atoms with Gasteiger partial charge in [-0.25, -0.2) is 4.79 Å². The zero-order valence-electron chi connectivity index (χ0n) is 15.7. The summed E-state index contributed by atoms with van der Waals surface area (Å²) in [5.74, 6) is -0.651. The van der Waals surface area contributed by atoms with Crippen LogP contribution in [0.25, 0.3) is 0 Å². The van der Waals surface area contributed by atoms with Crippen molar-refractivity contribution in [2.24, 2.45) is 0 Å². The number of carbonyl (C=O) groups is 3. The molecule has 0 spiro atoms. The summed E-state index contributed by atoms with van der Waals surface area (Å²) in [5, 5.41) is 3.26. The van der Waals surface area contributed by atoms with Crippen LogP contribution in [0, 0.1) is 0 Å². The van der Waals surface area contributed by atoms with Crippen molar-refractivity contribution in [2.75, 3.05) is 13.2 Å². The first-order valence-corrected chi connectivity index (χ1v) is 9.24. The fraction of sp³-hybridized carbons (Fsp3) is 0.286. The zero-order valence-corrected chi connectivity index (χ0v) is 16.5. The summed E-state index contributed by atoms with van der Waals surface area (Å²) in [4.78, 5) is 35.3. The fourth-order valence-corrected chi connectivity index (χ4v) is 2.76. The summed E-state index contributed by atoms with van der Waals surface area (Å²) in [6, 6.07) is 13.3. The second-order valence-electron chi connectivity index (χ2n) is 6.06. The maximum atomic E-state index is 11.9. The predicted molar refractivity (Wildman–Crippen MR) is 106 cm³/mol. The number of esters is 1. The van der Waals surface area contributed by atoms with Crippen LogP contribution in [-0.2, 0) is 14.3 Å². The van der Waals surface area contributed by atoms with Gasteiger partial charge in [0.2, 0.25) is 0 Å². The lowest BCUT2D eigenvalue weighted by atomic mass is 10.1. The van der Waals surface area contributed by atoms with Gasteiger partial charge in [-0.15, -0.1) is 0 Å². The second-order valence-corrected chi connectivity index (χ2v) is 6.47. The number of nitrogens with one attached hydrogen (secondary N) is 1. The average molecular weight is 404 g/mol. The van der Waals surface area contributed by atoms with Gasteiger partial charge in [0.15, 0.2) is 19.0 Å². The molecule has 2 aromatic carbocycles. The monoisotopic (exact) mass is 403 g/mol. The van der Waals surface area contributed by atoms with E-state index in [1.807, 2.05) is 12.1 Å². The average Bonchev–Trinajstić information content (AvgIpc) is 2.70. The molecule has 6 nitrogen and oxygen atoms in total. The van der Waals surface area contributed by atoms with Crippen LogP contribution in [0.2, 0.25) is 5.02 Å². The first kappa shape index (κ1) is 21.4. The largest absolute Gasteiger partial charge is 0.482 e.